The first-order valence-corrected chi connectivity index (χ1v) is 8.31. The minimum atomic E-state index is -0.657. The van der Waals surface area contributed by atoms with Crippen LogP contribution >= 0.6 is 25.3 Å². The monoisotopic (exact) mass is 331 g/mol. The van der Waals surface area contributed by atoms with Crippen LogP contribution in [0.1, 0.15) is 19.3 Å². The Hall–Kier alpha value is -0.890. The molecule has 2 aliphatic rings. The lowest BCUT2D eigenvalue weighted by atomic mass is 9.71. The van der Waals surface area contributed by atoms with Gasteiger partial charge in [-0.15, -0.1) is 0 Å². The van der Waals surface area contributed by atoms with Gasteiger partial charge in [-0.05, 0) is 18.6 Å². The predicted molar refractivity (Wildman–Crippen MR) is 85.3 cm³/mol. The van der Waals surface area contributed by atoms with Crippen LogP contribution in [0.25, 0.3) is 0 Å². The average molecular weight is 331 g/mol. The molecule has 0 saturated carbocycles. The van der Waals surface area contributed by atoms with Crippen LogP contribution in [-0.4, -0.2) is 64.7 Å². The maximum Gasteiger partial charge on any atom is 0.241 e. The topological polar surface area (TPSA) is 83.7 Å². The summed E-state index contributed by atoms with van der Waals surface area (Å²) in [7, 11) is 0. The highest BCUT2D eigenvalue weighted by Crippen LogP contribution is 2.41. The number of nitrogens with two attached hydrogens (primary N) is 1. The van der Waals surface area contributed by atoms with E-state index in [1.165, 1.54) is 4.90 Å². The molecule has 2 fully saturated rings. The van der Waals surface area contributed by atoms with Gasteiger partial charge >= 0.3 is 0 Å². The van der Waals surface area contributed by atoms with Crippen molar-refractivity contribution in [2.75, 3.05) is 31.1 Å². The zero-order chi connectivity index (χ0) is 15.6. The first-order valence-electron chi connectivity index (χ1n) is 7.05. The summed E-state index contributed by atoms with van der Waals surface area (Å²) < 4.78 is 0. The Morgan fingerprint density at radius 1 is 1.33 bits per heavy atom. The first-order chi connectivity index (χ1) is 9.95. The Labute approximate surface area is 135 Å². The van der Waals surface area contributed by atoms with E-state index in [0.717, 1.165) is 12.8 Å². The van der Waals surface area contributed by atoms with Crippen molar-refractivity contribution in [2.24, 2.45) is 11.1 Å². The van der Waals surface area contributed by atoms with Gasteiger partial charge in [-0.3, -0.25) is 14.4 Å². The van der Waals surface area contributed by atoms with Gasteiger partial charge in [0, 0.05) is 31.8 Å². The zero-order valence-electron chi connectivity index (χ0n) is 11.8. The standard InChI is InChI=1S/C13H21N3O3S2/c14-11(18)9(6-21)16-8-13(12(16)19)3-1-4-15(7-13)10(17)2-5-20/h9,20-21H,1-8H2,(H2,14,18)/t9-,13?/m0/s1. The molecular weight excluding hydrogens is 310 g/mol. The highest BCUT2D eigenvalue weighted by Gasteiger charge is 2.56. The molecule has 1 unspecified atom stereocenters. The lowest BCUT2D eigenvalue weighted by Gasteiger charge is -2.54. The summed E-state index contributed by atoms with van der Waals surface area (Å²) in [6.07, 6.45) is 1.95. The average Bonchev–Trinajstić information content (AvgIpc) is 2.47. The van der Waals surface area contributed by atoms with Gasteiger partial charge in [0.1, 0.15) is 6.04 Å². The molecule has 0 radical (unpaired) electrons. The summed E-state index contributed by atoms with van der Waals surface area (Å²) in [6.45, 7) is 1.60. The Morgan fingerprint density at radius 3 is 2.57 bits per heavy atom. The third-order valence-electron chi connectivity index (χ3n) is 4.32. The second-order valence-electron chi connectivity index (χ2n) is 5.71. The maximum atomic E-state index is 12.5. The fourth-order valence-electron chi connectivity index (χ4n) is 3.17. The number of amides is 3. The molecule has 0 aromatic heterocycles. The van der Waals surface area contributed by atoms with E-state index in [-0.39, 0.29) is 17.6 Å². The summed E-state index contributed by atoms with van der Waals surface area (Å²) in [5.74, 6) is 0.150. The summed E-state index contributed by atoms with van der Waals surface area (Å²) in [4.78, 5) is 39.1. The van der Waals surface area contributed by atoms with E-state index in [2.05, 4.69) is 25.3 Å². The van der Waals surface area contributed by atoms with Crippen LogP contribution in [0.15, 0.2) is 0 Å². The Morgan fingerprint density at radius 2 is 2.05 bits per heavy atom. The zero-order valence-corrected chi connectivity index (χ0v) is 13.6. The van der Waals surface area contributed by atoms with Crippen LogP contribution in [0.2, 0.25) is 0 Å². The van der Waals surface area contributed by atoms with Crippen LogP contribution in [0, 0.1) is 5.41 Å². The van der Waals surface area contributed by atoms with Gasteiger partial charge in [0.15, 0.2) is 0 Å². The van der Waals surface area contributed by atoms with E-state index >= 15 is 0 Å². The Bertz CT molecular complexity index is 460. The van der Waals surface area contributed by atoms with E-state index in [9.17, 15) is 14.4 Å². The molecule has 2 saturated heterocycles. The molecule has 2 atom stereocenters. The number of carbonyl (C=O) groups is 3. The van der Waals surface area contributed by atoms with Crippen LogP contribution in [0.4, 0.5) is 0 Å². The van der Waals surface area contributed by atoms with Crippen molar-refractivity contribution < 1.29 is 14.4 Å². The van der Waals surface area contributed by atoms with Crippen molar-refractivity contribution >= 4 is 43.0 Å². The molecular formula is C13H21N3O3S2. The fourth-order valence-corrected chi connectivity index (χ4v) is 3.74. The van der Waals surface area contributed by atoms with Gasteiger partial charge < -0.3 is 15.5 Å². The van der Waals surface area contributed by atoms with Crippen LogP contribution < -0.4 is 5.73 Å². The van der Waals surface area contributed by atoms with Gasteiger partial charge in [0.25, 0.3) is 0 Å². The molecule has 118 valence electrons. The molecule has 2 heterocycles. The summed E-state index contributed by atoms with van der Waals surface area (Å²) >= 11 is 8.16. The number of rotatable bonds is 5. The van der Waals surface area contributed by atoms with Crippen LogP contribution in [-0.2, 0) is 14.4 Å². The van der Waals surface area contributed by atoms with E-state index < -0.39 is 17.4 Å². The maximum absolute atomic E-state index is 12.5. The predicted octanol–water partition coefficient (Wildman–Crippen LogP) is -0.459. The number of thiol groups is 2. The van der Waals surface area contributed by atoms with Gasteiger partial charge in [-0.2, -0.15) is 25.3 Å². The number of carbonyl (C=O) groups excluding carboxylic acids is 3. The van der Waals surface area contributed by atoms with Gasteiger partial charge in [-0.25, -0.2) is 0 Å². The molecule has 2 N–H and O–H groups in total. The Kier molecular flexibility index (Phi) is 5.08. The lowest BCUT2D eigenvalue weighted by molar-refractivity contribution is -0.173. The fraction of sp³-hybridized carbons (Fsp3) is 0.769. The molecule has 2 aliphatic heterocycles. The van der Waals surface area contributed by atoms with Crippen molar-refractivity contribution in [1.29, 1.82) is 0 Å². The number of hydrogen-bond acceptors (Lipinski definition) is 5. The molecule has 0 aromatic rings. The molecule has 0 aromatic carbocycles. The quantitative estimate of drug-likeness (QED) is 0.471. The molecule has 0 bridgehead atoms. The molecule has 8 heteroatoms. The first kappa shape index (κ1) is 16.5. The van der Waals surface area contributed by atoms with Crippen LogP contribution in [0.5, 0.6) is 0 Å². The van der Waals surface area contributed by atoms with E-state index in [0.29, 0.717) is 31.8 Å². The van der Waals surface area contributed by atoms with Crippen molar-refractivity contribution in [2.45, 2.75) is 25.3 Å². The highest BCUT2D eigenvalue weighted by molar-refractivity contribution is 7.80. The minimum Gasteiger partial charge on any atom is -0.368 e. The smallest absolute Gasteiger partial charge is 0.241 e. The third kappa shape index (κ3) is 3.01. The highest BCUT2D eigenvalue weighted by atomic mass is 32.1. The number of hydrogen-bond donors (Lipinski definition) is 3. The molecule has 1 spiro atoms. The number of nitrogens with zero attached hydrogens (tertiary/aromatic N) is 2. The Balaban J connectivity index is 2.03. The normalized spacial score (nSPS) is 26.7. The second-order valence-corrected chi connectivity index (χ2v) is 6.52. The molecule has 0 aliphatic carbocycles. The van der Waals surface area contributed by atoms with Crippen molar-refractivity contribution in [3.05, 3.63) is 0 Å². The second kappa shape index (κ2) is 6.48. The molecule has 6 nitrogen and oxygen atoms in total. The van der Waals surface area contributed by atoms with E-state index in [1.807, 2.05) is 0 Å². The largest absolute Gasteiger partial charge is 0.368 e. The summed E-state index contributed by atoms with van der Waals surface area (Å²) in [6, 6.07) is -0.657. The SMILES string of the molecule is NC(=O)[C@H](CS)N1CC2(CCCN(C(=O)CCS)C2)C1=O. The minimum absolute atomic E-state index is 0.0379. The number of primary amides is 1. The molecule has 2 rings (SSSR count). The van der Waals surface area contributed by atoms with Gasteiger partial charge in [-0.1, -0.05) is 0 Å². The van der Waals surface area contributed by atoms with Crippen LogP contribution in [0.3, 0.4) is 0 Å². The van der Waals surface area contributed by atoms with Gasteiger partial charge in [0.05, 0.1) is 5.41 Å². The summed E-state index contributed by atoms with van der Waals surface area (Å²) in [5.41, 5.74) is 4.77. The summed E-state index contributed by atoms with van der Waals surface area (Å²) in [5, 5.41) is 0. The van der Waals surface area contributed by atoms with Crippen molar-refractivity contribution in [1.82, 2.24) is 9.80 Å². The number of piperidine rings is 1. The number of likely N-dealkylation sites (tertiary alicyclic amines) is 2. The van der Waals surface area contributed by atoms with Crippen molar-refractivity contribution in [3.63, 3.8) is 0 Å². The van der Waals surface area contributed by atoms with Gasteiger partial charge in [0.2, 0.25) is 17.7 Å². The van der Waals surface area contributed by atoms with E-state index in [4.69, 9.17) is 5.73 Å². The van der Waals surface area contributed by atoms with Crippen molar-refractivity contribution in [3.8, 4) is 0 Å². The molecule has 21 heavy (non-hydrogen) atoms. The number of β-lactam (4-membered cyclic amide) rings is 1. The third-order valence-corrected chi connectivity index (χ3v) is 4.89. The molecule has 3 amide bonds. The van der Waals surface area contributed by atoms with E-state index in [1.54, 1.807) is 4.90 Å². The lowest BCUT2D eigenvalue weighted by Crippen LogP contribution is -2.71.